The fraction of sp³-hybridized carbons (Fsp3) is 0.280. The summed E-state index contributed by atoms with van der Waals surface area (Å²) in [6.07, 6.45) is 4.46. The van der Waals surface area contributed by atoms with Gasteiger partial charge in [-0.25, -0.2) is 0 Å². The third-order valence-electron chi connectivity index (χ3n) is 4.82. The molecule has 0 saturated carbocycles. The Labute approximate surface area is 158 Å². The molecule has 0 heterocycles. The van der Waals surface area contributed by atoms with E-state index in [4.69, 9.17) is 0 Å². The summed E-state index contributed by atoms with van der Waals surface area (Å²) < 4.78 is 0. The minimum absolute atomic E-state index is 0.209. The van der Waals surface area contributed by atoms with Crippen LogP contribution in [0.1, 0.15) is 37.5 Å². The van der Waals surface area contributed by atoms with Gasteiger partial charge in [0.2, 0.25) is 0 Å². The molecular formula is C25H29N. The molecule has 0 bridgehead atoms. The van der Waals surface area contributed by atoms with E-state index in [0.29, 0.717) is 0 Å². The molecule has 3 rings (SSSR count). The lowest BCUT2D eigenvalue weighted by Gasteiger charge is -2.18. The summed E-state index contributed by atoms with van der Waals surface area (Å²) in [5, 5.41) is 2.66. The van der Waals surface area contributed by atoms with Crippen LogP contribution in [-0.2, 0) is 12.0 Å². The van der Waals surface area contributed by atoms with Crippen molar-refractivity contribution in [2.75, 3.05) is 13.6 Å². The average Bonchev–Trinajstić information content (AvgIpc) is 2.62. The van der Waals surface area contributed by atoms with Crippen LogP contribution in [0.15, 0.2) is 72.8 Å². The molecule has 3 aromatic carbocycles. The lowest BCUT2D eigenvalue weighted by atomic mass is 9.87. The first-order valence-electron chi connectivity index (χ1n) is 9.36. The molecule has 0 spiro atoms. The molecule has 26 heavy (non-hydrogen) atoms. The van der Waals surface area contributed by atoms with Crippen LogP contribution in [0.25, 0.3) is 16.8 Å². The second kappa shape index (κ2) is 7.88. The first-order valence-corrected chi connectivity index (χ1v) is 9.36. The van der Waals surface area contributed by atoms with E-state index in [-0.39, 0.29) is 5.41 Å². The predicted octanol–water partition coefficient (Wildman–Crippen LogP) is 6.28. The Bertz CT molecular complexity index is 877. The van der Waals surface area contributed by atoms with Gasteiger partial charge < -0.3 is 0 Å². The van der Waals surface area contributed by atoms with Gasteiger partial charge in [-0.05, 0) is 39.9 Å². The maximum Gasteiger partial charge on any atom is 0.0240 e. The molecule has 0 aliphatic heterocycles. The van der Waals surface area contributed by atoms with Crippen molar-refractivity contribution in [2.45, 2.75) is 32.7 Å². The summed E-state index contributed by atoms with van der Waals surface area (Å²) >= 11 is 0. The van der Waals surface area contributed by atoms with E-state index in [1.165, 1.54) is 27.5 Å². The topological polar surface area (TPSA) is 3.24 Å². The van der Waals surface area contributed by atoms with Crippen LogP contribution in [0.4, 0.5) is 0 Å². The summed E-state index contributed by atoms with van der Waals surface area (Å²) in [6.45, 7) is 8.64. The SMILES string of the molecule is CN(CC=Cc1ccc(C(C)(C)C)cc1)Cc1cccc2ccccc12. The number of hydrogen-bond acceptors (Lipinski definition) is 1. The van der Waals surface area contributed by atoms with Crippen molar-refractivity contribution < 1.29 is 0 Å². The average molecular weight is 344 g/mol. The summed E-state index contributed by atoms with van der Waals surface area (Å²) in [6, 6.07) is 24.1. The highest BCUT2D eigenvalue weighted by Crippen LogP contribution is 2.22. The lowest BCUT2D eigenvalue weighted by Crippen LogP contribution is -2.17. The van der Waals surface area contributed by atoms with Crippen LogP contribution >= 0.6 is 0 Å². The normalized spacial score (nSPS) is 12.3. The minimum atomic E-state index is 0.209. The Morgan fingerprint density at radius 2 is 1.54 bits per heavy atom. The largest absolute Gasteiger partial charge is 0.298 e. The van der Waals surface area contributed by atoms with E-state index in [1.54, 1.807) is 0 Å². The Balaban J connectivity index is 1.61. The van der Waals surface area contributed by atoms with E-state index in [1.807, 2.05) is 0 Å². The standard InChI is InChI=1S/C25H29N/c1-25(2,3)23-16-14-20(15-17-23)9-8-18-26(4)19-22-12-7-11-21-10-5-6-13-24(21)22/h5-17H,18-19H2,1-4H3. The first kappa shape index (κ1) is 18.4. The molecule has 0 aliphatic rings. The molecule has 0 aliphatic carbocycles. The van der Waals surface area contributed by atoms with Crippen molar-refractivity contribution in [1.82, 2.24) is 4.90 Å². The van der Waals surface area contributed by atoms with Crippen LogP contribution in [-0.4, -0.2) is 18.5 Å². The van der Waals surface area contributed by atoms with Gasteiger partial charge in [0.05, 0.1) is 0 Å². The summed E-state index contributed by atoms with van der Waals surface area (Å²) in [7, 11) is 2.18. The number of rotatable bonds is 5. The number of hydrogen-bond donors (Lipinski definition) is 0. The minimum Gasteiger partial charge on any atom is -0.298 e. The molecular weight excluding hydrogens is 314 g/mol. The van der Waals surface area contributed by atoms with Gasteiger partial charge in [0.1, 0.15) is 0 Å². The maximum absolute atomic E-state index is 2.35. The van der Waals surface area contributed by atoms with Gasteiger partial charge in [-0.2, -0.15) is 0 Å². The molecule has 0 saturated heterocycles. The van der Waals surface area contributed by atoms with Crippen molar-refractivity contribution in [3.63, 3.8) is 0 Å². The fourth-order valence-corrected chi connectivity index (χ4v) is 3.25. The zero-order valence-electron chi connectivity index (χ0n) is 16.4. The number of likely N-dealkylation sites (N-methyl/N-ethyl adjacent to an activating group) is 1. The van der Waals surface area contributed by atoms with E-state index in [2.05, 4.69) is 112 Å². The van der Waals surface area contributed by atoms with Gasteiger partial charge in [0.25, 0.3) is 0 Å². The molecule has 0 atom stereocenters. The molecule has 1 nitrogen and oxygen atoms in total. The molecule has 0 amide bonds. The van der Waals surface area contributed by atoms with E-state index < -0.39 is 0 Å². The van der Waals surface area contributed by atoms with Gasteiger partial charge in [-0.15, -0.1) is 0 Å². The monoisotopic (exact) mass is 343 g/mol. The Kier molecular flexibility index (Phi) is 5.58. The number of nitrogens with zero attached hydrogens (tertiary/aromatic N) is 1. The lowest BCUT2D eigenvalue weighted by molar-refractivity contribution is 0.365. The van der Waals surface area contributed by atoms with Crippen LogP contribution in [0.2, 0.25) is 0 Å². The van der Waals surface area contributed by atoms with E-state index >= 15 is 0 Å². The Morgan fingerprint density at radius 1 is 0.846 bits per heavy atom. The molecule has 0 fully saturated rings. The van der Waals surface area contributed by atoms with Gasteiger partial charge in [-0.3, -0.25) is 4.90 Å². The molecule has 0 N–H and O–H groups in total. The van der Waals surface area contributed by atoms with Gasteiger partial charge >= 0.3 is 0 Å². The number of benzene rings is 3. The summed E-state index contributed by atoms with van der Waals surface area (Å²) in [5.74, 6) is 0. The molecule has 1 heteroatoms. The Morgan fingerprint density at radius 3 is 2.27 bits per heavy atom. The molecule has 0 unspecified atom stereocenters. The quantitative estimate of drug-likeness (QED) is 0.527. The fourth-order valence-electron chi connectivity index (χ4n) is 3.25. The van der Waals surface area contributed by atoms with Crippen LogP contribution in [0, 0.1) is 0 Å². The summed E-state index contributed by atoms with van der Waals surface area (Å²) in [4.78, 5) is 2.35. The summed E-state index contributed by atoms with van der Waals surface area (Å²) in [5.41, 5.74) is 4.23. The highest BCUT2D eigenvalue weighted by Gasteiger charge is 2.12. The molecule has 0 radical (unpaired) electrons. The molecule has 3 aromatic rings. The molecule has 0 aromatic heterocycles. The van der Waals surface area contributed by atoms with Gasteiger partial charge in [-0.1, -0.05) is 99.7 Å². The van der Waals surface area contributed by atoms with Crippen molar-refractivity contribution >= 4 is 16.8 Å². The van der Waals surface area contributed by atoms with E-state index in [0.717, 1.165) is 13.1 Å². The molecule has 134 valence electrons. The highest BCUT2D eigenvalue weighted by molar-refractivity contribution is 5.85. The maximum atomic E-state index is 2.35. The second-order valence-corrected chi connectivity index (χ2v) is 8.11. The zero-order valence-corrected chi connectivity index (χ0v) is 16.4. The first-order chi connectivity index (χ1) is 12.4. The van der Waals surface area contributed by atoms with Crippen molar-refractivity contribution in [1.29, 1.82) is 0 Å². The van der Waals surface area contributed by atoms with Crippen LogP contribution in [0.5, 0.6) is 0 Å². The second-order valence-electron chi connectivity index (χ2n) is 8.11. The van der Waals surface area contributed by atoms with Crippen molar-refractivity contribution in [3.05, 3.63) is 89.5 Å². The van der Waals surface area contributed by atoms with Gasteiger partial charge in [0.15, 0.2) is 0 Å². The Hall–Kier alpha value is -2.38. The smallest absolute Gasteiger partial charge is 0.0240 e. The predicted molar refractivity (Wildman–Crippen MR) is 114 cm³/mol. The van der Waals surface area contributed by atoms with Crippen molar-refractivity contribution in [2.24, 2.45) is 0 Å². The third kappa shape index (κ3) is 4.62. The zero-order chi connectivity index (χ0) is 18.6. The van der Waals surface area contributed by atoms with Gasteiger partial charge in [0, 0.05) is 13.1 Å². The van der Waals surface area contributed by atoms with Crippen LogP contribution < -0.4 is 0 Å². The third-order valence-corrected chi connectivity index (χ3v) is 4.82. The van der Waals surface area contributed by atoms with Crippen LogP contribution in [0.3, 0.4) is 0 Å². The highest BCUT2D eigenvalue weighted by atomic mass is 15.1. The van der Waals surface area contributed by atoms with Crippen molar-refractivity contribution in [3.8, 4) is 0 Å². The van der Waals surface area contributed by atoms with E-state index in [9.17, 15) is 0 Å². The number of fused-ring (bicyclic) bond motifs is 1.